The summed E-state index contributed by atoms with van der Waals surface area (Å²) in [6.07, 6.45) is -0.906. The number of anilines is 1. The number of likely N-dealkylation sites (N-methyl/N-ethyl adjacent to an activating group) is 1. The van der Waals surface area contributed by atoms with Crippen molar-refractivity contribution in [2.45, 2.75) is 13.0 Å². The minimum Gasteiger partial charge on any atom is -0.508 e. The number of benzene rings is 2. The Morgan fingerprint density at radius 3 is 2.58 bits per heavy atom. The second-order valence-electron chi connectivity index (χ2n) is 5.21. The summed E-state index contributed by atoms with van der Waals surface area (Å²) in [6.45, 7) is 2.31. The molecule has 24 heavy (non-hydrogen) atoms. The number of hydrogen-bond donors (Lipinski definition) is 3. The first-order valence-corrected chi connectivity index (χ1v) is 8.14. The molecule has 0 saturated carbocycles. The number of carbonyl (C=O) groups is 1. The van der Waals surface area contributed by atoms with Gasteiger partial charge in [-0.2, -0.15) is 0 Å². The molecular weight excluding hydrogens is 351 g/mol. The van der Waals surface area contributed by atoms with E-state index >= 15 is 0 Å². The molecule has 0 aliphatic carbocycles. The number of hydrogen-bond acceptors (Lipinski definition) is 3. The van der Waals surface area contributed by atoms with Gasteiger partial charge in [-0.15, -0.1) is 0 Å². The van der Waals surface area contributed by atoms with Crippen LogP contribution in [0.15, 0.2) is 42.5 Å². The van der Waals surface area contributed by atoms with Gasteiger partial charge in [0.15, 0.2) is 0 Å². The molecule has 0 aromatic heterocycles. The molecule has 2 amide bonds. The van der Waals surface area contributed by atoms with Crippen LogP contribution in [0.2, 0.25) is 10.0 Å². The summed E-state index contributed by atoms with van der Waals surface area (Å²) < 4.78 is 0. The number of amides is 2. The number of phenolic OH excluding ortho intramolecular Hbond substituents is 1. The molecule has 1 atom stereocenters. The third kappa shape index (κ3) is 4.77. The van der Waals surface area contributed by atoms with Crippen LogP contribution < -0.4 is 5.32 Å². The second kappa shape index (κ2) is 8.24. The van der Waals surface area contributed by atoms with Crippen molar-refractivity contribution in [1.82, 2.24) is 4.90 Å². The highest BCUT2D eigenvalue weighted by molar-refractivity contribution is 6.42. The van der Waals surface area contributed by atoms with Crippen molar-refractivity contribution < 1.29 is 15.0 Å². The Bertz CT molecular complexity index is 725. The van der Waals surface area contributed by atoms with E-state index in [2.05, 4.69) is 5.32 Å². The lowest BCUT2D eigenvalue weighted by atomic mass is 10.1. The van der Waals surface area contributed by atoms with Crippen molar-refractivity contribution in [3.05, 3.63) is 58.1 Å². The maximum atomic E-state index is 12.4. The van der Waals surface area contributed by atoms with Gasteiger partial charge in [0.2, 0.25) is 0 Å². The van der Waals surface area contributed by atoms with E-state index in [4.69, 9.17) is 23.2 Å². The van der Waals surface area contributed by atoms with E-state index in [0.29, 0.717) is 27.8 Å². The monoisotopic (exact) mass is 368 g/mol. The van der Waals surface area contributed by atoms with Crippen LogP contribution in [0.1, 0.15) is 18.6 Å². The summed E-state index contributed by atoms with van der Waals surface area (Å²) in [5, 5.41) is 23.2. The summed E-state index contributed by atoms with van der Waals surface area (Å²) in [6, 6.07) is 10.7. The van der Waals surface area contributed by atoms with Crippen molar-refractivity contribution in [3.8, 4) is 5.75 Å². The van der Waals surface area contributed by atoms with Crippen LogP contribution in [-0.4, -0.2) is 34.2 Å². The molecule has 0 fully saturated rings. The highest BCUT2D eigenvalue weighted by atomic mass is 35.5. The topological polar surface area (TPSA) is 72.8 Å². The summed E-state index contributed by atoms with van der Waals surface area (Å²) in [4.78, 5) is 13.8. The zero-order valence-electron chi connectivity index (χ0n) is 13.0. The zero-order valence-corrected chi connectivity index (χ0v) is 14.6. The summed E-state index contributed by atoms with van der Waals surface area (Å²) in [5.41, 5.74) is 1.05. The van der Waals surface area contributed by atoms with Crippen LogP contribution in [0.4, 0.5) is 10.5 Å². The summed E-state index contributed by atoms with van der Waals surface area (Å²) >= 11 is 11.8. The molecule has 0 aliphatic heterocycles. The van der Waals surface area contributed by atoms with Crippen molar-refractivity contribution in [2.75, 3.05) is 18.4 Å². The fraction of sp³-hybridized carbons (Fsp3) is 0.235. The molecular formula is C17H18Cl2N2O3. The Hall–Kier alpha value is -1.95. The van der Waals surface area contributed by atoms with Gasteiger partial charge < -0.3 is 20.4 Å². The average Bonchev–Trinajstić information content (AvgIpc) is 2.55. The van der Waals surface area contributed by atoms with Gasteiger partial charge in [0, 0.05) is 12.2 Å². The van der Waals surface area contributed by atoms with Crippen molar-refractivity contribution in [3.63, 3.8) is 0 Å². The predicted octanol–water partition coefficient (Wildman–Crippen LogP) is 4.29. The number of carbonyl (C=O) groups excluding carboxylic acids is 1. The Morgan fingerprint density at radius 2 is 1.96 bits per heavy atom. The number of urea groups is 1. The van der Waals surface area contributed by atoms with Gasteiger partial charge in [-0.25, -0.2) is 4.79 Å². The van der Waals surface area contributed by atoms with Crippen LogP contribution in [0, 0.1) is 0 Å². The summed E-state index contributed by atoms with van der Waals surface area (Å²) in [5.74, 6) is 0.0647. The molecule has 2 aromatic rings. The molecule has 0 radical (unpaired) electrons. The maximum absolute atomic E-state index is 12.4. The van der Waals surface area contributed by atoms with Crippen LogP contribution >= 0.6 is 23.2 Å². The lowest BCUT2D eigenvalue weighted by Crippen LogP contribution is -2.37. The molecule has 1 unspecified atom stereocenters. The van der Waals surface area contributed by atoms with Crippen molar-refractivity contribution in [2.24, 2.45) is 0 Å². The van der Waals surface area contributed by atoms with Gasteiger partial charge in [0.05, 0.1) is 22.7 Å². The standard InChI is InChI=1S/C17H18Cl2N2O3/c1-2-21(10-16(23)11-4-3-5-13(22)8-11)17(24)20-12-6-7-14(18)15(19)9-12/h3-9,16,22-23H,2,10H2,1H3,(H,20,24). The molecule has 2 rings (SSSR count). The third-order valence-corrected chi connectivity index (χ3v) is 4.23. The molecule has 0 bridgehead atoms. The highest BCUT2D eigenvalue weighted by Crippen LogP contribution is 2.25. The second-order valence-corrected chi connectivity index (χ2v) is 6.02. The van der Waals surface area contributed by atoms with Crippen LogP contribution in [0.5, 0.6) is 5.75 Å². The number of phenols is 1. The number of nitrogens with zero attached hydrogens (tertiary/aromatic N) is 1. The highest BCUT2D eigenvalue weighted by Gasteiger charge is 2.18. The largest absolute Gasteiger partial charge is 0.508 e. The first-order valence-electron chi connectivity index (χ1n) is 7.38. The molecule has 2 aromatic carbocycles. The van der Waals surface area contributed by atoms with Gasteiger partial charge in [-0.05, 0) is 42.8 Å². The summed E-state index contributed by atoms with van der Waals surface area (Å²) in [7, 11) is 0. The maximum Gasteiger partial charge on any atom is 0.321 e. The third-order valence-electron chi connectivity index (χ3n) is 3.49. The van der Waals surface area contributed by atoms with E-state index in [1.165, 1.54) is 17.0 Å². The first-order chi connectivity index (χ1) is 11.4. The number of nitrogens with one attached hydrogen (secondary N) is 1. The molecule has 5 nitrogen and oxygen atoms in total. The van der Waals surface area contributed by atoms with E-state index < -0.39 is 6.10 Å². The quantitative estimate of drug-likeness (QED) is 0.736. The normalized spacial score (nSPS) is 11.8. The van der Waals surface area contributed by atoms with E-state index in [9.17, 15) is 15.0 Å². The number of aromatic hydroxyl groups is 1. The minimum absolute atomic E-state index is 0.0647. The molecule has 7 heteroatoms. The smallest absolute Gasteiger partial charge is 0.321 e. The van der Waals surface area contributed by atoms with Gasteiger partial charge in [0.1, 0.15) is 5.75 Å². The Labute approximate surface area is 150 Å². The van der Waals surface area contributed by atoms with Gasteiger partial charge in [0.25, 0.3) is 0 Å². The zero-order chi connectivity index (χ0) is 17.7. The van der Waals surface area contributed by atoms with Crippen LogP contribution in [-0.2, 0) is 0 Å². The Morgan fingerprint density at radius 1 is 1.21 bits per heavy atom. The molecule has 128 valence electrons. The van der Waals surface area contributed by atoms with E-state index in [1.807, 2.05) is 6.92 Å². The minimum atomic E-state index is -0.906. The van der Waals surface area contributed by atoms with Gasteiger partial charge in [-0.3, -0.25) is 0 Å². The lowest BCUT2D eigenvalue weighted by molar-refractivity contribution is 0.128. The van der Waals surface area contributed by atoms with E-state index in [-0.39, 0.29) is 18.3 Å². The van der Waals surface area contributed by atoms with Crippen molar-refractivity contribution >= 4 is 34.9 Å². The molecule has 0 spiro atoms. The Kier molecular flexibility index (Phi) is 6.31. The predicted molar refractivity (Wildman–Crippen MR) is 95.8 cm³/mol. The van der Waals surface area contributed by atoms with Gasteiger partial charge in [-0.1, -0.05) is 35.3 Å². The van der Waals surface area contributed by atoms with E-state index in [1.54, 1.807) is 30.3 Å². The molecule has 0 saturated heterocycles. The number of rotatable bonds is 5. The SMILES string of the molecule is CCN(CC(O)c1cccc(O)c1)C(=O)Nc1ccc(Cl)c(Cl)c1. The Balaban J connectivity index is 2.04. The van der Waals surface area contributed by atoms with Gasteiger partial charge >= 0.3 is 6.03 Å². The molecule has 3 N–H and O–H groups in total. The molecule has 0 heterocycles. The number of halogens is 2. The fourth-order valence-corrected chi connectivity index (χ4v) is 2.48. The average molecular weight is 369 g/mol. The lowest BCUT2D eigenvalue weighted by Gasteiger charge is -2.24. The number of aliphatic hydroxyl groups is 1. The van der Waals surface area contributed by atoms with Crippen LogP contribution in [0.3, 0.4) is 0 Å². The fourth-order valence-electron chi connectivity index (χ4n) is 2.18. The molecule has 0 aliphatic rings. The van der Waals surface area contributed by atoms with E-state index in [0.717, 1.165) is 0 Å². The van der Waals surface area contributed by atoms with Crippen molar-refractivity contribution in [1.29, 1.82) is 0 Å². The first kappa shape index (κ1) is 18.4. The van der Waals surface area contributed by atoms with Crippen LogP contribution in [0.25, 0.3) is 0 Å². The number of aliphatic hydroxyl groups excluding tert-OH is 1.